The Morgan fingerprint density at radius 1 is 1.46 bits per heavy atom. The molecule has 13 heavy (non-hydrogen) atoms. The lowest BCUT2D eigenvalue weighted by Crippen LogP contribution is -2.10. The monoisotopic (exact) mass is 182 g/mol. The van der Waals surface area contributed by atoms with E-state index in [0.717, 1.165) is 18.4 Å². The summed E-state index contributed by atoms with van der Waals surface area (Å²) >= 11 is 0. The zero-order valence-corrected chi connectivity index (χ0v) is 9.02. The number of hydrogen-bond donors (Lipinski definition) is 0. The van der Waals surface area contributed by atoms with E-state index < -0.39 is 0 Å². The van der Waals surface area contributed by atoms with Crippen molar-refractivity contribution in [2.24, 2.45) is 11.3 Å². The fraction of sp³-hybridized carbons (Fsp3) is 0.667. The van der Waals surface area contributed by atoms with E-state index in [0.29, 0.717) is 0 Å². The summed E-state index contributed by atoms with van der Waals surface area (Å²) in [7, 11) is 0. The van der Waals surface area contributed by atoms with Crippen LogP contribution in [0.5, 0.6) is 0 Å². The van der Waals surface area contributed by atoms with Crippen LogP contribution >= 0.6 is 0 Å². The molecule has 1 unspecified atom stereocenters. The Morgan fingerprint density at radius 2 is 2.08 bits per heavy atom. The quantitative estimate of drug-likeness (QED) is 0.569. The van der Waals surface area contributed by atoms with Crippen molar-refractivity contribution in [3.8, 4) is 0 Å². The van der Waals surface area contributed by atoms with E-state index in [1.807, 2.05) is 13.0 Å². The van der Waals surface area contributed by atoms with Gasteiger partial charge in [0.1, 0.15) is 5.83 Å². The van der Waals surface area contributed by atoms with Crippen LogP contribution in [0.15, 0.2) is 23.6 Å². The van der Waals surface area contributed by atoms with E-state index in [9.17, 15) is 4.39 Å². The van der Waals surface area contributed by atoms with Crippen molar-refractivity contribution >= 4 is 0 Å². The molecule has 1 aliphatic carbocycles. The van der Waals surface area contributed by atoms with Crippen molar-refractivity contribution in [2.75, 3.05) is 0 Å². The molecule has 1 aliphatic rings. The first-order valence-corrected chi connectivity index (χ1v) is 4.95. The molecule has 0 N–H and O–H groups in total. The molecule has 74 valence electrons. The summed E-state index contributed by atoms with van der Waals surface area (Å²) in [6, 6.07) is 0. The van der Waals surface area contributed by atoms with Gasteiger partial charge in [0.25, 0.3) is 0 Å². The van der Waals surface area contributed by atoms with Crippen LogP contribution in [0, 0.1) is 11.3 Å². The van der Waals surface area contributed by atoms with Gasteiger partial charge in [-0.3, -0.25) is 0 Å². The van der Waals surface area contributed by atoms with Gasteiger partial charge < -0.3 is 0 Å². The van der Waals surface area contributed by atoms with Crippen molar-refractivity contribution < 1.29 is 4.39 Å². The Hall–Kier alpha value is -0.590. The van der Waals surface area contributed by atoms with Crippen LogP contribution in [-0.2, 0) is 0 Å². The smallest absolute Gasteiger partial charge is 0.106 e. The maximum absolute atomic E-state index is 13.6. The maximum atomic E-state index is 13.6. The fourth-order valence-electron chi connectivity index (χ4n) is 1.63. The molecule has 0 fully saturated rings. The summed E-state index contributed by atoms with van der Waals surface area (Å²) in [6.45, 7) is 8.36. The number of halogens is 1. The minimum Gasteiger partial charge on any atom is -0.211 e. The lowest BCUT2D eigenvalue weighted by Gasteiger charge is -2.23. The second-order valence-electron chi connectivity index (χ2n) is 5.15. The highest BCUT2D eigenvalue weighted by molar-refractivity contribution is 5.28. The molecule has 0 saturated carbocycles. The molecular weight excluding hydrogens is 163 g/mol. The Kier molecular flexibility index (Phi) is 2.94. The first-order valence-electron chi connectivity index (χ1n) is 4.95. The summed E-state index contributed by atoms with van der Waals surface area (Å²) in [6.07, 6.45) is 5.70. The van der Waals surface area contributed by atoms with Crippen LogP contribution in [0.1, 0.15) is 40.5 Å². The normalized spacial score (nSPS) is 23.9. The third-order valence-electron chi connectivity index (χ3n) is 2.27. The molecule has 0 bridgehead atoms. The number of hydrogen-bond acceptors (Lipinski definition) is 0. The molecule has 0 aliphatic heterocycles. The minimum absolute atomic E-state index is 0.0855. The SMILES string of the molecule is CC1CC=CC(CC(C)(C)C)=C1F. The van der Waals surface area contributed by atoms with E-state index in [-0.39, 0.29) is 17.2 Å². The summed E-state index contributed by atoms with van der Waals surface area (Å²) in [5.41, 5.74) is 1.07. The molecule has 0 spiro atoms. The highest BCUT2D eigenvalue weighted by atomic mass is 19.1. The van der Waals surface area contributed by atoms with Gasteiger partial charge in [0.2, 0.25) is 0 Å². The van der Waals surface area contributed by atoms with Crippen molar-refractivity contribution in [3.63, 3.8) is 0 Å². The molecule has 1 heteroatoms. The van der Waals surface area contributed by atoms with Crippen LogP contribution in [-0.4, -0.2) is 0 Å². The van der Waals surface area contributed by atoms with Gasteiger partial charge in [0, 0.05) is 5.92 Å². The average molecular weight is 182 g/mol. The van der Waals surface area contributed by atoms with Gasteiger partial charge in [-0.25, -0.2) is 4.39 Å². The first kappa shape index (κ1) is 10.5. The van der Waals surface area contributed by atoms with E-state index in [1.165, 1.54) is 0 Å². The summed E-state index contributed by atoms with van der Waals surface area (Å²) in [5.74, 6) is 0.180. The van der Waals surface area contributed by atoms with Gasteiger partial charge in [-0.1, -0.05) is 39.8 Å². The predicted molar refractivity (Wildman–Crippen MR) is 55.1 cm³/mol. The maximum Gasteiger partial charge on any atom is 0.106 e. The van der Waals surface area contributed by atoms with Gasteiger partial charge >= 0.3 is 0 Å². The molecule has 0 aromatic carbocycles. The molecule has 1 atom stereocenters. The molecule has 0 aromatic rings. The summed E-state index contributed by atoms with van der Waals surface area (Å²) < 4.78 is 13.6. The van der Waals surface area contributed by atoms with Crippen molar-refractivity contribution in [1.29, 1.82) is 0 Å². The average Bonchev–Trinajstić information content (AvgIpc) is 1.96. The van der Waals surface area contributed by atoms with E-state index in [4.69, 9.17) is 0 Å². The van der Waals surface area contributed by atoms with Gasteiger partial charge in [0.05, 0.1) is 0 Å². The van der Waals surface area contributed by atoms with E-state index in [1.54, 1.807) is 0 Å². The van der Waals surface area contributed by atoms with Gasteiger partial charge in [-0.2, -0.15) is 0 Å². The third kappa shape index (κ3) is 2.98. The van der Waals surface area contributed by atoms with Crippen LogP contribution in [0.3, 0.4) is 0 Å². The van der Waals surface area contributed by atoms with Crippen LogP contribution < -0.4 is 0 Å². The zero-order chi connectivity index (χ0) is 10.1. The zero-order valence-electron chi connectivity index (χ0n) is 9.02. The second kappa shape index (κ2) is 3.65. The predicted octanol–water partition coefficient (Wildman–Crippen LogP) is 4.24. The summed E-state index contributed by atoms with van der Waals surface area (Å²) in [4.78, 5) is 0. The topological polar surface area (TPSA) is 0 Å². The highest BCUT2D eigenvalue weighted by Crippen LogP contribution is 2.33. The molecular formula is C12H19F. The van der Waals surface area contributed by atoms with Crippen LogP contribution in [0.2, 0.25) is 0 Å². The molecule has 0 saturated heterocycles. The molecule has 0 heterocycles. The lowest BCUT2D eigenvalue weighted by atomic mass is 9.84. The van der Waals surface area contributed by atoms with Crippen molar-refractivity contribution in [1.82, 2.24) is 0 Å². The van der Waals surface area contributed by atoms with Gasteiger partial charge in [0.15, 0.2) is 0 Å². The largest absolute Gasteiger partial charge is 0.211 e. The molecule has 1 rings (SSSR count). The second-order valence-corrected chi connectivity index (χ2v) is 5.15. The molecule has 0 aromatic heterocycles. The van der Waals surface area contributed by atoms with Crippen molar-refractivity contribution in [3.05, 3.63) is 23.6 Å². The van der Waals surface area contributed by atoms with Gasteiger partial charge in [-0.15, -0.1) is 0 Å². The minimum atomic E-state index is 0.0855. The molecule has 0 amide bonds. The number of rotatable bonds is 1. The van der Waals surface area contributed by atoms with E-state index >= 15 is 0 Å². The molecule has 0 radical (unpaired) electrons. The van der Waals surface area contributed by atoms with E-state index in [2.05, 4.69) is 26.8 Å². The van der Waals surface area contributed by atoms with Crippen molar-refractivity contribution in [2.45, 2.75) is 40.5 Å². The Balaban J connectivity index is 2.78. The number of allylic oxidation sites excluding steroid dienone is 4. The standard InChI is InChI=1S/C12H19F/c1-9-6-5-7-10(11(9)13)8-12(2,3)4/h5,7,9H,6,8H2,1-4H3. The van der Waals surface area contributed by atoms with Crippen LogP contribution in [0.25, 0.3) is 0 Å². The Labute approximate surface area is 80.5 Å². The first-order chi connectivity index (χ1) is 5.90. The van der Waals surface area contributed by atoms with Gasteiger partial charge in [-0.05, 0) is 23.8 Å². The Bertz CT molecular complexity index is 240. The lowest BCUT2D eigenvalue weighted by molar-refractivity contribution is 0.393. The Morgan fingerprint density at radius 3 is 2.62 bits per heavy atom. The molecule has 0 nitrogen and oxygen atoms in total. The van der Waals surface area contributed by atoms with Crippen LogP contribution in [0.4, 0.5) is 4.39 Å². The summed E-state index contributed by atoms with van der Waals surface area (Å²) in [5, 5.41) is 0. The highest BCUT2D eigenvalue weighted by Gasteiger charge is 2.20. The fourth-order valence-corrected chi connectivity index (χ4v) is 1.63. The third-order valence-corrected chi connectivity index (χ3v) is 2.27.